The Morgan fingerprint density at radius 3 is 2.56 bits per heavy atom. The van der Waals surface area contributed by atoms with Crippen molar-refractivity contribution < 1.29 is 27.1 Å². The molecule has 7 nitrogen and oxygen atoms in total. The van der Waals surface area contributed by atoms with E-state index in [1.807, 2.05) is 4.72 Å². The molecule has 1 N–H and O–H groups in total. The molecule has 1 heterocycles. The van der Waals surface area contributed by atoms with Crippen LogP contribution in [-0.4, -0.2) is 28.0 Å². The first kappa shape index (κ1) is 18.7. The van der Waals surface area contributed by atoms with Crippen LogP contribution in [-0.2, 0) is 21.6 Å². The Bertz CT molecular complexity index is 990. The third-order valence-corrected chi connectivity index (χ3v) is 5.29. The quantitative estimate of drug-likeness (QED) is 0.815. The summed E-state index contributed by atoms with van der Waals surface area (Å²) in [6.45, 7) is 3.12. The van der Waals surface area contributed by atoms with Crippen molar-refractivity contribution in [2.45, 2.75) is 6.61 Å². The van der Waals surface area contributed by atoms with Crippen molar-refractivity contribution in [2.75, 3.05) is 18.0 Å². The van der Waals surface area contributed by atoms with Crippen LogP contribution in [0.15, 0.2) is 43.0 Å². The number of hydrogen-bond acceptors (Lipinski definition) is 5. The van der Waals surface area contributed by atoms with Crippen molar-refractivity contribution in [3.05, 3.63) is 59.9 Å². The Kier molecular flexibility index (Phi) is 5.04. The Morgan fingerprint density at radius 2 is 2.00 bits per heavy atom. The molecule has 0 atom stereocenters. The van der Waals surface area contributed by atoms with E-state index in [0.717, 1.165) is 11.6 Å². The lowest BCUT2D eigenvalue weighted by molar-refractivity contribution is -0.117. The average Bonchev–Trinajstić information content (AvgIpc) is 2.91. The zero-order valence-corrected chi connectivity index (χ0v) is 15.3. The summed E-state index contributed by atoms with van der Waals surface area (Å²) in [5, 5.41) is 0. The number of nitrogens with zero attached hydrogens (tertiary/aromatic N) is 1. The van der Waals surface area contributed by atoms with Crippen molar-refractivity contribution in [3.8, 4) is 11.5 Å². The first-order chi connectivity index (χ1) is 12.8. The molecule has 9 heteroatoms. The lowest BCUT2D eigenvalue weighted by Gasteiger charge is -2.20. The van der Waals surface area contributed by atoms with Crippen LogP contribution in [0.1, 0.15) is 11.1 Å². The molecule has 0 aliphatic carbocycles. The summed E-state index contributed by atoms with van der Waals surface area (Å²) in [5.41, 5.74) is 0.856. The van der Waals surface area contributed by atoms with Gasteiger partial charge in [-0.3, -0.25) is 4.79 Å². The number of halogens is 1. The van der Waals surface area contributed by atoms with Gasteiger partial charge in [0.25, 0.3) is 5.91 Å². The fourth-order valence-corrected chi connectivity index (χ4v) is 3.76. The number of amides is 1. The van der Waals surface area contributed by atoms with Crippen LogP contribution < -0.4 is 18.5 Å². The van der Waals surface area contributed by atoms with Crippen LogP contribution >= 0.6 is 0 Å². The topological polar surface area (TPSA) is 84.9 Å². The lowest BCUT2D eigenvalue weighted by atomic mass is 10.1. The molecule has 2 aromatic rings. The Balaban J connectivity index is 1.96. The summed E-state index contributed by atoms with van der Waals surface area (Å²) in [4.78, 5) is 11.5. The van der Waals surface area contributed by atoms with Gasteiger partial charge in [-0.05, 0) is 35.4 Å². The maximum Gasteiger partial charge on any atom is 0.326 e. The Hall–Kier alpha value is -3.07. The lowest BCUT2D eigenvalue weighted by Crippen LogP contribution is -2.30. The summed E-state index contributed by atoms with van der Waals surface area (Å²) in [7, 11) is -2.63. The van der Waals surface area contributed by atoms with E-state index >= 15 is 0 Å². The number of rotatable bonds is 6. The predicted octanol–water partition coefficient (Wildman–Crippen LogP) is 2.24. The van der Waals surface area contributed by atoms with Gasteiger partial charge in [-0.1, -0.05) is 24.8 Å². The Labute approximate surface area is 156 Å². The highest BCUT2D eigenvalue weighted by molar-refractivity contribution is 7.92. The van der Waals surface area contributed by atoms with E-state index in [1.165, 1.54) is 12.1 Å². The number of hydrogen-bond donors (Lipinski definition) is 1. The summed E-state index contributed by atoms with van der Waals surface area (Å²) in [5.74, 6) is -0.923. The Morgan fingerprint density at radius 1 is 1.30 bits per heavy atom. The van der Waals surface area contributed by atoms with Gasteiger partial charge in [0.15, 0.2) is 5.82 Å². The third-order valence-electron chi connectivity index (χ3n) is 3.91. The molecule has 142 valence electrons. The molecular formula is C18H17FN2O5S. The molecule has 27 heavy (non-hydrogen) atoms. The molecular weight excluding hydrogens is 375 g/mol. The molecule has 0 saturated carbocycles. The second kappa shape index (κ2) is 7.28. The van der Waals surface area contributed by atoms with Gasteiger partial charge in [-0.2, -0.15) is 8.42 Å². The van der Waals surface area contributed by atoms with Gasteiger partial charge in [0.2, 0.25) is 0 Å². The van der Waals surface area contributed by atoms with E-state index in [0.29, 0.717) is 15.6 Å². The highest BCUT2D eigenvalue weighted by atomic mass is 32.2. The van der Waals surface area contributed by atoms with Crippen molar-refractivity contribution in [1.82, 2.24) is 4.72 Å². The molecule has 1 amide bonds. The van der Waals surface area contributed by atoms with Crippen LogP contribution in [0, 0.1) is 5.82 Å². The number of nitrogens with one attached hydrogen (secondary N) is 1. The van der Waals surface area contributed by atoms with Crippen molar-refractivity contribution in [3.63, 3.8) is 0 Å². The number of anilines is 1. The molecule has 3 rings (SSSR count). The molecule has 0 bridgehead atoms. The fourth-order valence-electron chi connectivity index (χ4n) is 2.59. The van der Waals surface area contributed by atoms with Gasteiger partial charge in [-0.15, -0.1) is 0 Å². The van der Waals surface area contributed by atoms with E-state index in [1.54, 1.807) is 31.4 Å². The van der Waals surface area contributed by atoms with Crippen LogP contribution in [0.25, 0.3) is 6.08 Å². The summed E-state index contributed by atoms with van der Waals surface area (Å²) < 4.78 is 52.1. The number of ether oxygens (including phenoxy) is 2. The van der Waals surface area contributed by atoms with E-state index < -0.39 is 28.5 Å². The van der Waals surface area contributed by atoms with E-state index in [4.69, 9.17) is 9.47 Å². The van der Waals surface area contributed by atoms with Crippen molar-refractivity contribution in [1.29, 1.82) is 0 Å². The molecule has 1 aliphatic heterocycles. The average molecular weight is 392 g/mol. The first-order valence-corrected chi connectivity index (χ1v) is 9.33. The number of methoxy groups -OCH3 is 1. The second-order valence-electron chi connectivity index (χ2n) is 5.73. The van der Waals surface area contributed by atoms with E-state index in [-0.39, 0.29) is 18.0 Å². The normalized spacial score (nSPS) is 15.3. The van der Waals surface area contributed by atoms with Gasteiger partial charge in [0.05, 0.1) is 7.11 Å². The molecule has 0 aromatic heterocycles. The van der Waals surface area contributed by atoms with E-state index in [2.05, 4.69) is 6.58 Å². The van der Waals surface area contributed by atoms with Crippen molar-refractivity contribution >= 4 is 27.9 Å². The van der Waals surface area contributed by atoms with E-state index in [9.17, 15) is 17.6 Å². The number of carbonyl (C=O) groups is 1. The van der Waals surface area contributed by atoms with Gasteiger partial charge < -0.3 is 9.47 Å². The molecule has 0 spiro atoms. The highest BCUT2D eigenvalue weighted by Crippen LogP contribution is 2.36. The monoisotopic (exact) mass is 392 g/mol. The zero-order chi connectivity index (χ0) is 19.6. The highest BCUT2D eigenvalue weighted by Gasteiger charge is 2.37. The summed E-state index contributed by atoms with van der Waals surface area (Å²) in [6, 6.07) is 9.61. The van der Waals surface area contributed by atoms with Gasteiger partial charge in [-0.25, -0.2) is 13.4 Å². The van der Waals surface area contributed by atoms with Gasteiger partial charge in [0.1, 0.15) is 30.3 Å². The largest absolute Gasteiger partial charge is 0.497 e. The first-order valence-electron chi connectivity index (χ1n) is 7.89. The minimum absolute atomic E-state index is 0.0132. The van der Waals surface area contributed by atoms with Gasteiger partial charge >= 0.3 is 10.2 Å². The van der Waals surface area contributed by atoms with Crippen LogP contribution in [0.2, 0.25) is 0 Å². The smallest absolute Gasteiger partial charge is 0.326 e. The standard InChI is InChI=1S/C18H17FN2O5S/c1-3-12-8-15(19)18(21-10-17(22)20-27(21,23)24)16(9-12)26-11-13-4-6-14(25-2)7-5-13/h3-9H,1,10-11H2,2H3,(H,20,22). The second-order valence-corrected chi connectivity index (χ2v) is 7.32. The van der Waals surface area contributed by atoms with Crippen LogP contribution in [0.3, 0.4) is 0 Å². The van der Waals surface area contributed by atoms with Crippen LogP contribution in [0.4, 0.5) is 10.1 Å². The molecule has 0 unspecified atom stereocenters. The molecule has 2 aromatic carbocycles. The third kappa shape index (κ3) is 3.87. The molecule has 1 aliphatic rings. The molecule has 1 fully saturated rings. The molecule has 1 saturated heterocycles. The maximum absolute atomic E-state index is 14.7. The summed E-state index contributed by atoms with van der Waals surface area (Å²) >= 11 is 0. The van der Waals surface area contributed by atoms with Crippen LogP contribution in [0.5, 0.6) is 11.5 Å². The number of carbonyl (C=O) groups excluding carboxylic acids is 1. The van der Waals surface area contributed by atoms with Crippen molar-refractivity contribution in [2.24, 2.45) is 0 Å². The number of benzene rings is 2. The summed E-state index contributed by atoms with van der Waals surface area (Å²) in [6.07, 6.45) is 1.41. The SMILES string of the molecule is C=Cc1cc(F)c(N2CC(=O)NS2(=O)=O)c(OCc2ccc(OC)cc2)c1. The minimum atomic E-state index is -4.17. The van der Waals surface area contributed by atoms with Gasteiger partial charge in [0, 0.05) is 0 Å². The zero-order valence-electron chi connectivity index (χ0n) is 14.4. The molecule has 0 radical (unpaired) electrons. The fraction of sp³-hybridized carbons (Fsp3) is 0.167. The minimum Gasteiger partial charge on any atom is -0.497 e. The predicted molar refractivity (Wildman–Crippen MR) is 98.2 cm³/mol. The maximum atomic E-state index is 14.7.